The maximum absolute atomic E-state index is 12.6. The molecular formula is C19H25F3N6S. The molecule has 0 aliphatic carbocycles. The minimum atomic E-state index is -4.39. The summed E-state index contributed by atoms with van der Waals surface area (Å²) in [5, 5.41) is 8.07. The summed E-state index contributed by atoms with van der Waals surface area (Å²) < 4.78 is 37.8. The highest BCUT2D eigenvalue weighted by Gasteiger charge is 2.33. The third-order valence-electron chi connectivity index (χ3n) is 4.75. The Morgan fingerprint density at radius 2 is 2.07 bits per heavy atom. The number of hydrogen-bond acceptors (Lipinski definition) is 5. The van der Waals surface area contributed by atoms with Crippen LogP contribution in [0.2, 0.25) is 0 Å². The van der Waals surface area contributed by atoms with Crippen LogP contribution in [-0.4, -0.2) is 48.7 Å². The van der Waals surface area contributed by atoms with E-state index in [0.717, 1.165) is 54.0 Å². The van der Waals surface area contributed by atoms with E-state index in [2.05, 4.69) is 36.6 Å². The maximum atomic E-state index is 12.6. The van der Waals surface area contributed by atoms with Crippen molar-refractivity contribution in [3.8, 4) is 0 Å². The van der Waals surface area contributed by atoms with Gasteiger partial charge in [0.25, 0.3) is 0 Å². The largest absolute Gasteiger partial charge is 0.434 e. The van der Waals surface area contributed by atoms with Crippen LogP contribution >= 0.6 is 11.3 Å². The molecule has 3 heterocycles. The molecule has 2 aromatic heterocycles. The molecule has 1 aliphatic heterocycles. The van der Waals surface area contributed by atoms with E-state index in [9.17, 15) is 13.2 Å². The Morgan fingerprint density at radius 3 is 2.66 bits per heavy atom. The van der Waals surface area contributed by atoms with Gasteiger partial charge in [-0.15, -0.1) is 11.3 Å². The number of nitrogens with one attached hydrogen (secondary N) is 2. The van der Waals surface area contributed by atoms with Crippen LogP contribution < -0.4 is 15.5 Å². The molecule has 0 radical (unpaired) electrons. The lowest BCUT2D eigenvalue weighted by Gasteiger charge is -2.33. The van der Waals surface area contributed by atoms with Crippen molar-refractivity contribution in [2.45, 2.75) is 38.4 Å². The summed E-state index contributed by atoms with van der Waals surface area (Å²) in [6.45, 7) is 4.31. The van der Waals surface area contributed by atoms with Crippen molar-refractivity contribution >= 4 is 23.1 Å². The zero-order chi connectivity index (χ0) is 20.9. The van der Waals surface area contributed by atoms with Crippen molar-refractivity contribution in [1.82, 2.24) is 20.6 Å². The van der Waals surface area contributed by atoms with Gasteiger partial charge in [-0.25, -0.2) is 9.97 Å². The first-order valence-corrected chi connectivity index (χ1v) is 10.4. The summed E-state index contributed by atoms with van der Waals surface area (Å²) in [5.41, 5.74) is 0.322. The lowest BCUT2D eigenvalue weighted by molar-refractivity contribution is -0.140. The number of piperidine rings is 1. The van der Waals surface area contributed by atoms with Crippen molar-refractivity contribution in [2.75, 3.05) is 31.6 Å². The predicted octanol–water partition coefficient (Wildman–Crippen LogP) is 3.24. The van der Waals surface area contributed by atoms with Crippen LogP contribution in [0.1, 0.15) is 29.1 Å². The molecule has 158 valence electrons. The normalized spacial score (nSPS) is 16.2. The van der Waals surface area contributed by atoms with E-state index in [4.69, 9.17) is 0 Å². The van der Waals surface area contributed by atoms with E-state index in [0.29, 0.717) is 30.0 Å². The van der Waals surface area contributed by atoms with Crippen molar-refractivity contribution in [1.29, 1.82) is 0 Å². The SMILES string of the molecule is CN=C(NCCc1nc(C(F)(F)F)cs1)NC1CCN(c2ccc(C)cn2)CC1. The summed E-state index contributed by atoms with van der Waals surface area (Å²) >= 11 is 1.03. The second-order valence-corrected chi connectivity index (χ2v) is 7.92. The molecule has 2 N–H and O–H groups in total. The van der Waals surface area contributed by atoms with Crippen molar-refractivity contribution < 1.29 is 13.2 Å². The van der Waals surface area contributed by atoms with Gasteiger partial charge in [0, 0.05) is 50.7 Å². The van der Waals surface area contributed by atoms with Crippen LogP contribution in [0.25, 0.3) is 0 Å². The number of guanidine groups is 1. The van der Waals surface area contributed by atoms with Crippen molar-refractivity contribution in [3.05, 3.63) is 40.0 Å². The summed E-state index contributed by atoms with van der Waals surface area (Å²) in [4.78, 5) is 14.6. The Morgan fingerprint density at radius 1 is 1.31 bits per heavy atom. The number of rotatable bonds is 5. The zero-order valence-corrected chi connectivity index (χ0v) is 17.3. The van der Waals surface area contributed by atoms with Gasteiger partial charge < -0.3 is 15.5 Å². The number of thiazole rings is 1. The van der Waals surface area contributed by atoms with Gasteiger partial charge in [0.2, 0.25) is 0 Å². The topological polar surface area (TPSA) is 65.4 Å². The summed E-state index contributed by atoms with van der Waals surface area (Å²) in [6.07, 6.45) is -0.178. The summed E-state index contributed by atoms with van der Waals surface area (Å²) in [7, 11) is 1.69. The molecule has 0 bridgehead atoms. The Bertz CT molecular complexity index is 810. The van der Waals surface area contributed by atoms with Gasteiger partial charge in [0.05, 0.1) is 5.01 Å². The molecule has 1 aliphatic rings. The second-order valence-electron chi connectivity index (χ2n) is 6.97. The number of pyridine rings is 1. The minimum absolute atomic E-state index is 0.291. The lowest BCUT2D eigenvalue weighted by Crippen LogP contribution is -2.49. The Hall–Kier alpha value is -2.36. The van der Waals surface area contributed by atoms with E-state index in [-0.39, 0.29) is 0 Å². The van der Waals surface area contributed by atoms with Crippen LogP contribution in [0.3, 0.4) is 0 Å². The number of anilines is 1. The number of alkyl halides is 3. The van der Waals surface area contributed by atoms with Crippen molar-refractivity contribution in [2.24, 2.45) is 4.99 Å². The van der Waals surface area contributed by atoms with Gasteiger partial charge in [0.15, 0.2) is 11.7 Å². The fourth-order valence-corrected chi connectivity index (χ4v) is 3.94. The molecule has 2 aromatic rings. The standard InChI is InChI=1S/C19H25F3N6S/c1-13-3-4-16(25-11-13)28-9-6-14(7-10-28)26-18(23-2)24-8-5-17-27-15(12-29-17)19(20,21)22/h3-4,11-12,14H,5-10H2,1-2H3,(H2,23,24,26). The molecule has 0 aromatic carbocycles. The van der Waals surface area contributed by atoms with Crippen LogP contribution in [-0.2, 0) is 12.6 Å². The average Bonchev–Trinajstić information content (AvgIpc) is 3.18. The molecule has 10 heteroatoms. The monoisotopic (exact) mass is 426 g/mol. The molecule has 1 fully saturated rings. The molecular weight excluding hydrogens is 401 g/mol. The highest BCUT2D eigenvalue weighted by Crippen LogP contribution is 2.30. The number of aromatic nitrogens is 2. The number of hydrogen-bond donors (Lipinski definition) is 2. The molecule has 0 amide bonds. The molecule has 0 unspecified atom stereocenters. The first kappa shape index (κ1) is 21.4. The molecule has 6 nitrogen and oxygen atoms in total. The van der Waals surface area contributed by atoms with Gasteiger partial charge in [-0.1, -0.05) is 6.07 Å². The number of nitrogens with zero attached hydrogens (tertiary/aromatic N) is 4. The number of aryl methyl sites for hydroxylation is 1. The van der Waals surface area contributed by atoms with Crippen molar-refractivity contribution in [3.63, 3.8) is 0 Å². The van der Waals surface area contributed by atoms with Gasteiger partial charge in [0.1, 0.15) is 5.82 Å². The van der Waals surface area contributed by atoms with Gasteiger partial charge in [-0.3, -0.25) is 4.99 Å². The molecule has 3 rings (SSSR count). The van der Waals surface area contributed by atoms with Crippen LogP contribution in [0.15, 0.2) is 28.7 Å². The molecule has 29 heavy (non-hydrogen) atoms. The first-order valence-electron chi connectivity index (χ1n) is 9.51. The molecule has 1 saturated heterocycles. The maximum Gasteiger partial charge on any atom is 0.434 e. The van der Waals surface area contributed by atoms with E-state index in [1.54, 1.807) is 7.05 Å². The lowest BCUT2D eigenvalue weighted by atomic mass is 10.1. The van der Waals surface area contributed by atoms with Gasteiger partial charge >= 0.3 is 6.18 Å². The zero-order valence-electron chi connectivity index (χ0n) is 16.5. The third-order valence-corrected chi connectivity index (χ3v) is 5.66. The Labute approximate surface area is 172 Å². The molecule has 0 atom stereocenters. The Balaban J connectivity index is 1.41. The van der Waals surface area contributed by atoms with Crippen LogP contribution in [0, 0.1) is 6.92 Å². The average molecular weight is 427 g/mol. The van der Waals surface area contributed by atoms with E-state index in [1.807, 2.05) is 19.2 Å². The Kier molecular flexibility index (Phi) is 6.94. The van der Waals surface area contributed by atoms with Gasteiger partial charge in [-0.2, -0.15) is 13.2 Å². The fraction of sp³-hybridized carbons (Fsp3) is 0.526. The second kappa shape index (κ2) is 9.43. The number of aliphatic imine (C=N–C) groups is 1. The highest BCUT2D eigenvalue weighted by atomic mass is 32.1. The molecule has 0 saturated carbocycles. The van der Waals surface area contributed by atoms with Gasteiger partial charge in [-0.05, 0) is 31.4 Å². The predicted molar refractivity (Wildman–Crippen MR) is 110 cm³/mol. The van der Waals surface area contributed by atoms with E-state index < -0.39 is 11.9 Å². The smallest absolute Gasteiger partial charge is 0.356 e. The minimum Gasteiger partial charge on any atom is -0.356 e. The van der Waals surface area contributed by atoms with Crippen LogP contribution in [0.4, 0.5) is 19.0 Å². The summed E-state index contributed by atoms with van der Waals surface area (Å²) in [5.74, 6) is 1.66. The number of halogens is 3. The molecule has 0 spiro atoms. The van der Waals surface area contributed by atoms with E-state index >= 15 is 0 Å². The first-order chi connectivity index (χ1) is 13.8. The fourth-order valence-electron chi connectivity index (χ4n) is 3.13. The summed E-state index contributed by atoms with van der Waals surface area (Å²) in [6, 6.07) is 4.41. The quantitative estimate of drug-likeness (QED) is 0.568. The third kappa shape index (κ3) is 6.06. The van der Waals surface area contributed by atoms with E-state index in [1.165, 1.54) is 0 Å². The van der Waals surface area contributed by atoms with Crippen LogP contribution in [0.5, 0.6) is 0 Å². The highest BCUT2D eigenvalue weighted by molar-refractivity contribution is 7.09.